The molecule has 5 rings (SSSR count). The fraction of sp³-hybridized carbons (Fsp3) is 0.321. The molecule has 2 aromatic heterocycles. The van der Waals surface area contributed by atoms with Gasteiger partial charge in [-0.2, -0.15) is 0 Å². The summed E-state index contributed by atoms with van der Waals surface area (Å²) in [5.41, 5.74) is 5.74. The van der Waals surface area contributed by atoms with Crippen molar-refractivity contribution in [1.29, 1.82) is 0 Å². The second-order valence-corrected chi connectivity index (χ2v) is 9.62. The van der Waals surface area contributed by atoms with Gasteiger partial charge >= 0.3 is 0 Å². The molecule has 0 bridgehead atoms. The lowest BCUT2D eigenvalue weighted by atomic mass is 9.96. The first kappa shape index (κ1) is 23.3. The molecule has 1 fully saturated rings. The lowest BCUT2D eigenvalue weighted by Gasteiger charge is -2.23. The van der Waals surface area contributed by atoms with Crippen LogP contribution in [0.5, 0.6) is 0 Å². The third-order valence-corrected chi connectivity index (χ3v) is 6.64. The lowest BCUT2D eigenvalue weighted by molar-refractivity contribution is 0.294. The molecule has 4 aromatic rings. The number of pyridine rings is 1. The van der Waals surface area contributed by atoms with Crippen molar-refractivity contribution >= 4 is 11.0 Å². The van der Waals surface area contributed by atoms with Gasteiger partial charge in [0.25, 0.3) is 5.56 Å². The highest BCUT2D eigenvalue weighted by Gasteiger charge is 2.21. The fourth-order valence-electron chi connectivity index (χ4n) is 5.12. The Balaban J connectivity index is 1.70. The summed E-state index contributed by atoms with van der Waals surface area (Å²) >= 11 is 0. The van der Waals surface area contributed by atoms with Crippen LogP contribution in [0.3, 0.4) is 0 Å². The molecule has 6 nitrogen and oxygen atoms in total. The summed E-state index contributed by atoms with van der Waals surface area (Å²) in [5.74, 6) is -0.402. The van der Waals surface area contributed by atoms with Crippen molar-refractivity contribution in [3.05, 3.63) is 87.9 Å². The molecule has 1 aliphatic rings. The normalized spacial score (nSPS) is 15.9. The molecule has 0 saturated carbocycles. The van der Waals surface area contributed by atoms with Crippen molar-refractivity contribution in [3.8, 4) is 16.8 Å². The zero-order valence-electron chi connectivity index (χ0n) is 20.4. The maximum absolute atomic E-state index is 13.9. The highest BCUT2D eigenvalue weighted by molar-refractivity contribution is 5.86. The summed E-state index contributed by atoms with van der Waals surface area (Å²) < 4.78 is 15.3. The summed E-state index contributed by atoms with van der Waals surface area (Å²) in [4.78, 5) is 25.1. The van der Waals surface area contributed by atoms with Gasteiger partial charge in [-0.15, -0.1) is 0 Å². The van der Waals surface area contributed by atoms with Crippen molar-refractivity contribution in [3.63, 3.8) is 0 Å². The molecule has 0 unspecified atom stereocenters. The van der Waals surface area contributed by atoms with Crippen LogP contribution < -0.4 is 10.9 Å². The predicted octanol–water partition coefficient (Wildman–Crippen LogP) is 4.39. The first-order chi connectivity index (χ1) is 16.9. The Morgan fingerprint density at radius 1 is 1.14 bits per heavy atom. The van der Waals surface area contributed by atoms with E-state index in [1.165, 1.54) is 29.4 Å². The zero-order chi connectivity index (χ0) is 24.5. The topological polar surface area (TPSA) is 63.1 Å². The van der Waals surface area contributed by atoms with Crippen LogP contribution in [-0.2, 0) is 6.54 Å². The second kappa shape index (κ2) is 9.68. The van der Waals surface area contributed by atoms with Gasteiger partial charge in [0.05, 0.1) is 11.1 Å². The molecule has 3 heterocycles. The molecule has 1 saturated heterocycles. The van der Waals surface area contributed by atoms with Crippen LogP contribution in [0.2, 0.25) is 0 Å². The number of hydrogen-bond donors (Lipinski definition) is 1. The SMILES string of the molecule is Cc1cc(C)cc(-c2cnc3ncn(-c4cccc(F)c4)c(=O)c3c2CN(C)C[C@@H]2CCCN2)c1. The third kappa shape index (κ3) is 4.88. The summed E-state index contributed by atoms with van der Waals surface area (Å²) in [7, 11) is 2.08. The third-order valence-electron chi connectivity index (χ3n) is 6.64. The number of fused-ring (bicyclic) bond motifs is 1. The van der Waals surface area contributed by atoms with E-state index in [0.717, 1.165) is 47.3 Å². The Bertz CT molecular complexity index is 1420. The van der Waals surface area contributed by atoms with Gasteiger partial charge in [-0.1, -0.05) is 35.4 Å². The molecule has 0 spiro atoms. The van der Waals surface area contributed by atoms with Crippen LogP contribution in [0.15, 0.2) is 59.8 Å². The number of nitrogens with one attached hydrogen (secondary N) is 1. The highest BCUT2D eigenvalue weighted by Crippen LogP contribution is 2.30. The molecule has 2 aromatic carbocycles. The number of aryl methyl sites for hydroxylation is 2. The number of benzene rings is 2. The van der Waals surface area contributed by atoms with E-state index >= 15 is 0 Å². The Kier molecular flexibility index (Phi) is 6.45. The molecule has 180 valence electrons. The summed E-state index contributed by atoms with van der Waals surface area (Å²) in [6.07, 6.45) is 5.59. The van der Waals surface area contributed by atoms with Gasteiger partial charge in [-0.3, -0.25) is 9.36 Å². The second-order valence-electron chi connectivity index (χ2n) is 9.62. The number of nitrogens with zero attached hydrogens (tertiary/aromatic N) is 4. The molecule has 0 amide bonds. The van der Waals surface area contributed by atoms with E-state index in [2.05, 4.69) is 59.3 Å². The molecular weight excluding hydrogens is 441 g/mol. The Hall–Kier alpha value is -3.42. The quantitative estimate of drug-likeness (QED) is 0.452. The minimum absolute atomic E-state index is 0.248. The van der Waals surface area contributed by atoms with E-state index in [1.807, 2.05) is 6.20 Å². The maximum atomic E-state index is 13.9. The van der Waals surface area contributed by atoms with Crippen LogP contribution in [-0.4, -0.2) is 45.6 Å². The van der Waals surface area contributed by atoms with Crippen LogP contribution in [0, 0.1) is 19.7 Å². The van der Waals surface area contributed by atoms with E-state index in [1.54, 1.807) is 12.1 Å². The van der Waals surface area contributed by atoms with E-state index in [-0.39, 0.29) is 5.56 Å². The number of rotatable bonds is 6. The summed E-state index contributed by atoms with van der Waals surface area (Å²) in [6.45, 7) is 6.65. The molecule has 1 N–H and O–H groups in total. The summed E-state index contributed by atoms with van der Waals surface area (Å²) in [6, 6.07) is 12.8. The van der Waals surface area contributed by atoms with Gasteiger partial charge in [0.1, 0.15) is 12.1 Å². The predicted molar refractivity (Wildman–Crippen MR) is 137 cm³/mol. The van der Waals surface area contributed by atoms with Crippen molar-refractivity contribution in [2.24, 2.45) is 0 Å². The van der Waals surface area contributed by atoms with Gasteiger partial charge in [-0.05, 0) is 69.6 Å². The number of halogens is 1. The van der Waals surface area contributed by atoms with Crippen molar-refractivity contribution in [1.82, 2.24) is 24.8 Å². The largest absolute Gasteiger partial charge is 0.313 e. The number of hydrogen-bond acceptors (Lipinski definition) is 5. The molecule has 1 atom stereocenters. The zero-order valence-corrected chi connectivity index (χ0v) is 20.4. The van der Waals surface area contributed by atoms with E-state index in [4.69, 9.17) is 0 Å². The maximum Gasteiger partial charge on any atom is 0.267 e. The average Bonchev–Trinajstić information content (AvgIpc) is 3.31. The van der Waals surface area contributed by atoms with Crippen molar-refractivity contribution in [2.75, 3.05) is 20.1 Å². The van der Waals surface area contributed by atoms with E-state index < -0.39 is 5.82 Å². The molecular formula is C28H30FN5O. The standard InChI is InChI=1S/C28H30FN5O/c1-18-10-19(2)12-20(11-18)24-14-31-27-26(25(24)16-33(3)15-22-7-5-9-30-22)28(35)34(17-32-27)23-8-4-6-21(29)13-23/h4,6,8,10-14,17,22,30H,5,7,9,15-16H2,1-3H3/t22-/m0/s1. The van der Waals surface area contributed by atoms with Crippen molar-refractivity contribution < 1.29 is 4.39 Å². The molecule has 0 radical (unpaired) electrons. The van der Waals surface area contributed by atoms with Crippen LogP contribution in [0.25, 0.3) is 27.8 Å². The van der Waals surface area contributed by atoms with Gasteiger partial charge in [0.15, 0.2) is 5.65 Å². The Morgan fingerprint density at radius 3 is 2.66 bits per heavy atom. The van der Waals surface area contributed by atoms with E-state index in [0.29, 0.717) is 29.3 Å². The summed E-state index contributed by atoms with van der Waals surface area (Å²) in [5, 5.41) is 4.02. The number of aromatic nitrogens is 3. The molecule has 7 heteroatoms. The Morgan fingerprint density at radius 2 is 1.94 bits per heavy atom. The minimum Gasteiger partial charge on any atom is -0.313 e. The Labute approximate surface area is 204 Å². The highest BCUT2D eigenvalue weighted by atomic mass is 19.1. The molecule has 1 aliphatic heterocycles. The fourth-order valence-corrected chi connectivity index (χ4v) is 5.12. The lowest BCUT2D eigenvalue weighted by Crippen LogP contribution is -2.35. The van der Waals surface area contributed by atoms with Gasteiger partial charge in [0.2, 0.25) is 0 Å². The number of likely N-dealkylation sites (N-methyl/N-ethyl adjacent to an activating group) is 1. The van der Waals surface area contributed by atoms with Crippen LogP contribution in [0.4, 0.5) is 4.39 Å². The minimum atomic E-state index is -0.402. The molecule has 35 heavy (non-hydrogen) atoms. The van der Waals surface area contributed by atoms with Gasteiger partial charge < -0.3 is 10.2 Å². The van der Waals surface area contributed by atoms with E-state index in [9.17, 15) is 9.18 Å². The van der Waals surface area contributed by atoms with Crippen LogP contribution in [0.1, 0.15) is 29.5 Å². The first-order valence-electron chi connectivity index (χ1n) is 12.0. The van der Waals surface area contributed by atoms with Gasteiger partial charge in [-0.25, -0.2) is 14.4 Å². The van der Waals surface area contributed by atoms with Crippen molar-refractivity contribution in [2.45, 2.75) is 39.3 Å². The first-order valence-corrected chi connectivity index (χ1v) is 12.0. The monoisotopic (exact) mass is 471 g/mol. The molecule has 0 aliphatic carbocycles. The van der Waals surface area contributed by atoms with Crippen LogP contribution >= 0.6 is 0 Å². The average molecular weight is 472 g/mol. The van der Waals surface area contributed by atoms with Gasteiger partial charge in [0, 0.05) is 30.9 Å². The smallest absolute Gasteiger partial charge is 0.267 e.